The molecule has 13 heavy (non-hydrogen) atoms. The van der Waals surface area contributed by atoms with Crippen molar-refractivity contribution in [1.82, 2.24) is 4.90 Å². The van der Waals surface area contributed by atoms with Crippen LogP contribution in [-0.4, -0.2) is 25.3 Å². The van der Waals surface area contributed by atoms with E-state index in [-0.39, 0.29) is 0 Å². The molecule has 0 N–H and O–H groups in total. The number of hydrogen-bond donors (Lipinski definition) is 0. The molecule has 0 radical (unpaired) electrons. The fourth-order valence-electron chi connectivity index (χ4n) is 0.692. The maximum Gasteiger partial charge on any atom is 0.137 e. The number of rotatable bonds is 2. The molecular weight excluding hydrogens is 206 g/mol. The molecule has 0 amide bonds. The minimum absolute atomic E-state index is 0.449. The molecule has 1 heterocycles. The first-order valence-corrected chi connectivity index (χ1v) is 4.78. The van der Waals surface area contributed by atoms with Crippen LogP contribution in [-0.2, 0) is 0 Å². The molecule has 5 heteroatoms. The topological polar surface area (TPSA) is 39.4 Å². The van der Waals surface area contributed by atoms with E-state index >= 15 is 0 Å². The summed E-state index contributed by atoms with van der Waals surface area (Å²) in [5, 5.41) is 11.6. The minimum Gasteiger partial charge on any atom is -0.369 e. The van der Waals surface area contributed by atoms with E-state index in [4.69, 9.17) is 16.9 Å². The Labute approximate surface area is 85.9 Å². The molecule has 1 aromatic rings. The van der Waals surface area contributed by atoms with Gasteiger partial charge in [0.2, 0.25) is 0 Å². The van der Waals surface area contributed by atoms with Crippen molar-refractivity contribution in [3.05, 3.63) is 16.0 Å². The zero-order valence-corrected chi connectivity index (χ0v) is 8.85. The quantitative estimate of drug-likeness (QED) is 0.559. The van der Waals surface area contributed by atoms with Gasteiger partial charge < -0.3 is 4.90 Å². The van der Waals surface area contributed by atoms with E-state index in [1.165, 1.54) is 11.3 Å². The summed E-state index contributed by atoms with van der Waals surface area (Å²) in [6.07, 6.45) is 1.64. The lowest BCUT2D eigenvalue weighted by molar-refractivity contribution is 0.643. The Hall–Kier alpha value is -1.05. The Kier molecular flexibility index (Phi) is 3.29. The SMILES string of the molecule is CN(C)C=Nc1scc(Cl)c1C#N. The normalized spacial score (nSPS) is 10.3. The molecular formula is C8H8ClN3S. The van der Waals surface area contributed by atoms with Gasteiger partial charge in [0.15, 0.2) is 0 Å². The second kappa shape index (κ2) is 4.26. The largest absolute Gasteiger partial charge is 0.369 e. The standard InChI is InChI=1S/C8H8ClN3S/c1-12(2)5-11-8-6(3-10)7(9)4-13-8/h4-5H,1-2H3. The molecule has 3 nitrogen and oxygen atoms in total. The fraction of sp³-hybridized carbons (Fsp3) is 0.250. The molecule has 0 aliphatic carbocycles. The van der Waals surface area contributed by atoms with Crippen molar-refractivity contribution in [1.29, 1.82) is 5.26 Å². The van der Waals surface area contributed by atoms with Gasteiger partial charge in [0.05, 0.1) is 11.4 Å². The summed E-state index contributed by atoms with van der Waals surface area (Å²) in [4.78, 5) is 5.91. The van der Waals surface area contributed by atoms with E-state index in [0.717, 1.165) is 0 Å². The lowest BCUT2D eigenvalue weighted by Gasteiger charge is -2.00. The highest BCUT2D eigenvalue weighted by atomic mass is 35.5. The fourth-order valence-corrected chi connectivity index (χ4v) is 1.73. The predicted octanol–water partition coefficient (Wildman–Crippen LogP) is 2.49. The summed E-state index contributed by atoms with van der Waals surface area (Å²) in [7, 11) is 3.73. The van der Waals surface area contributed by atoms with Gasteiger partial charge in [-0.3, -0.25) is 0 Å². The summed E-state index contributed by atoms with van der Waals surface area (Å²) in [5.74, 6) is 0. The zero-order chi connectivity index (χ0) is 9.84. The maximum atomic E-state index is 8.74. The lowest BCUT2D eigenvalue weighted by Crippen LogP contribution is -2.06. The van der Waals surface area contributed by atoms with Gasteiger partial charge in [0, 0.05) is 19.5 Å². The van der Waals surface area contributed by atoms with Gasteiger partial charge in [-0.15, -0.1) is 11.3 Å². The van der Waals surface area contributed by atoms with Gasteiger partial charge >= 0.3 is 0 Å². The predicted molar refractivity (Wildman–Crippen MR) is 55.9 cm³/mol. The van der Waals surface area contributed by atoms with E-state index in [2.05, 4.69) is 4.99 Å². The second-order valence-electron chi connectivity index (χ2n) is 2.58. The molecule has 68 valence electrons. The van der Waals surface area contributed by atoms with E-state index in [0.29, 0.717) is 15.6 Å². The Morgan fingerprint density at radius 3 is 2.92 bits per heavy atom. The monoisotopic (exact) mass is 213 g/mol. The van der Waals surface area contributed by atoms with Crippen LogP contribution in [0.15, 0.2) is 10.4 Å². The van der Waals surface area contributed by atoms with Crippen molar-refractivity contribution >= 4 is 34.3 Å². The minimum atomic E-state index is 0.449. The Morgan fingerprint density at radius 1 is 1.69 bits per heavy atom. The molecule has 0 aliphatic heterocycles. The molecule has 0 atom stereocenters. The second-order valence-corrected chi connectivity index (χ2v) is 3.85. The average molecular weight is 214 g/mol. The average Bonchev–Trinajstić information content (AvgIpc) is 2.42. The third kappa shape index (κ3) is 2.44. The molecule has 0 aliphatic rings. The number of thiophene rings is 1. The van der Waals surface area contributed by atoms with E-state index in [9.17, 15) is 0 Å². The molecule has 1 rings (SSSR count). The highest BCUT2D eigenvalue weighted by molar-refractivity contribution is 7.14. The first kappa shape index (κ1) is 10.0. The van der Waals surface area contributed by atoms with Gasteiger partial charge in [-0.05, 0) is 0 Å². The van der Waals surface area contributed by atoms with Crippen molar-refractivity contribution in [2.45, 2.75) is 0 Å². The summed E-state index contributed by atoms with van der Waals surface area (Å²) < 4.78 is 0. The smallest absolute Gasteiger partial charge is 0.137 e. The number of nitriles is 1. The highest BCUT2D eigenvalue weighted by Crippen LogP contribution is 2.33. The summed E-state index contributed by atoms with van der Waals surface area (Å²) in [6.45, 7) is 0. The molecule has 0 saturated carbocycles. The van der Waals surface area contributed by atoms with Crippen LogP contribution in [0.2, 0.25) is 5.02 Å². The van der Waals surface area contributed by atoms with Gasteiger partial charge in [0.1, 0.15) is 16.6 Å². The van der Waals surface area contributed by atoms with Crippen LogP contribution >= 0.6 is 22.9 Å². The van der Waals surface area contributed by atoms with Gasteiger partial charge in [0.25, 0.3) is 0 Å². The van der Waals surface area contributed by atoms with Crippen molar-refractivity contribution in [2.24, 2.45) is 4.99 Å². The third-order valence-corrected chi connectivity index (χ3v) is 2.56. The Morgan fingerprint density at radius 2 is 2.38 bits per heavy atom. The van der Waals surface area contributed by atoms with E-state index in [1.807, 2.05) is 20.2 Å². The first-order chi connectivity index (χ1) is 6.15. The summed E-state index contributed by atoms with van der Waals surface area (Å²) in [6, 6.07) is 2.01. The van der Waals surface area contributed by atoms with Crippen molar-refractivity contribution in [2.75, 3.05) is 14.1 Å². The van der Waals surface area contributed by atoms with Crippen molar-refractivity contribution in [3.8, 4) is 6.07 Å². The molecule has 0 bridgehead atoms. The molecule has 0 saturated heterocycles. The maximum absolute atomic E-state index is 8.74. The lowest BCUT2D eigenvalue weighted by atomic mass is 10.3. The molecule has 0 unspecified atom stereocenters. The highest BCUT2D eigenvalue weighted by Gasteiger charge is 2.07. The van der Waals surface area contributed by atoms with Crippen molar-refractivity contribution in [3.63, 3.8) is 0 Å². The number of aliphatic imine (C=N–C) groups is 1. The summed E-state index contributed by atoms with van der Waals surface area (Å²) >= 11 is 7.12. The molecule has 0 aromatic carbocycles. The van der Waals surface area contributed by atoms with Crippen LogP contribution in [0, 0.1) is 11.3 Å². The Balaban J connectivity index is 2.97. The number of nitrogens with zero attached hydrogens (tertiary/aromatic N) is 3. The van der Waals surface area contributed by atoms with Gasteiger partial charge in [-0.2, -0.15) is 5.26 Å². The van der Waals surface area contributed by atoms with E-state index in [1.54, 1.807) is 16.6 Å². The molecule has 1 aromatic heterocycles. The van der Waals surface area contributed by atoms with Gasteiger partial charge in [-0.1, -0.05) is 11.6 Å². The van der Waals surface area contributed by atoms with Crippen molar-refractivity contribution < 1.29 is 0 Å². The van der Waals surface area contributed by atoms with Crippen LogP contribution < -0.4 is 0 Å². The van der Waals surface area contributed by atoms with Crippen LogP contribution in [0.25, 0.3) is 0 Å². The zero-order valence-electron chi connectivity index (χ0n) is 7.28. The summed E-state index contributed by atoms with van der Waals surface area (Å²) in [5.41, 5.74) is 0.449. The Bertz CT molecular complexity index is 362. The van der Waals surface area contributed by atoms with Crippen LogP contribution in [0.4, 0.5) is 5.00 Å². The van der Waals surface area contributed by atoms with Gasteiger partial charge in [-0.25, -0.2) is 4.99 Å². The van der Waals surface area contributed by atoms with Crippen LogP contribution in [0.3, 0.4) is 0 Å². The molecule has 0 spiro atoms. The van der Waals surface area contributed by atoms with Crippen LogP contribution in [0.5, 0.6) is 0 Å². The number of halogens is 1. The van der Waals surface area contributed by atoms with E-state index < -0.39 is 0 Å². The first-order valence-electron chi connectivity index (χ1n) is 3.53. The van der Waals surface area contributed by atoms with Crippen LogP contribution in [0.1, 0.15) is 5.56 Å². The molecule has 0 fully saturated rings. The number of hydrogen-bond acceptors (Lipinski definition) is 3. The third-order valence-electron chi connectivity index (χ3n) is 1.24.